The van der Waals surface area contributed by atoms with E-state index in [4.69, 9.17) is 0 Å². The maximum atomic E-state index is 12.9. The van der Waals surface area contributed by atoms with Crippen molar-refractivity contribution >= 4 is 28.8 Å². The third kappa shape index (κ3) is 10.7. The van der Waals surface area contributed by atoms with Gasteiger partial charge < -0.3 is 10.2 Å². The lowest BCUT2D eigenvalue weighted by molar-refractivity contribution is -0.137. The number of carbonyl (C=O) groups excluding carboxylic acids is 2. The first-order valence-corrected chi connectivity index (χ1v) is 15.4. The van der Waals surface area contributed by atoms with E-state index in [2.05, 4.69) is 52.1 Å². The first-order valence-electron chi connectivity index (χ1n) is 14.5. The number of halogens is 3. The lowest BCUT2D eigenvalue weighted by Gasteiger charge is -2.42. The van der Waals surface area contributed by atoms with Gasteiger partial charge in [0.2, 0.25) is 5.91 Å². The summed E-state index contributed by atoms with van der Waals surface area (Å²) in [6, 6.07) is 4.57. The molecule has 1 aliphatic heterocycles. The number of allylic oxidation sites excluding steroid dienone is 7. The van der Waals surface area contributed by atoms with Gasteiger partial charge in [0.1, 0.15) is 0 Å². The second-order valence-electron chi connectivity index (χ2n) is 11.0. The van der Waals surface area contributed by atoms with E-state index < -0.39 is 23.2 Å². The Labute approximate surface area is 260 Å². The zero-order valence-corrected chi connectivity index (χ0v) is 28.0. The highest BCUT2D eigenvalue weighted by Gasteiger charge is 2.40. The fraction of sp³-hybridized carbons (Fsp3) is 0.429. The highest BCUT2D eigenvalue weighted by atomic mass is 32.1. The largest absolute Gasteiger partial charge is 0.416 e. The van der Waals surface area contributed by atoms with Crippen molar-refractivity contribution in [2.24, 2.45) is 0 Å². The van der Waals surface area contributed by atoms with Crippen LogP contribution in [0, 0.1) is 0 Å². The average Bonchev–Trinajstić information content (AvgIpc) is 3.39. The minimum absolute atomic E-state index is 0.0449. The lowest BCUT2D eigenvalue weighted by atomic mass is 9.88. The molecule has 0 aliphatic carbocycles. The third-order valence-corrected chi connectivity index (χ3v) is 8.19. The zero-order valence-electron chi connectivity index (χ0n) is 27.2. The molecular weight excluding hydrogens is 569 g/mol. The quantitative estimate of drug-likeness (QED) is 0.268. The van der Waals surface area contributed by atoms with Crippen molar-refractivity contribution in [3.8, 4) is 0 Å². The molecule has 0 atom stereocenters. The van der Waals surface area contributed by atoms with Crippen LogP contribution in [0.2, 0.25) is 0 Å². The van der Waals surface area contributed by atoms with E-state index in [1.165, 1.54) is 41.0 Å². The predicted molar refractivity (Wildman–Crippen MR) is 176 cm³/mol. The molecule has 236 valence electrons. The molecule has 3 rings (SSSR count). The third-order valence-electron chi connectivity index (χ3n) is 6.86. The molecule has 0 bridgehead atoms. The van der Waals surface area contributed by atoms with Crippen molar-refractivity contribution in [3.05, 3.63) is 98.3 Å². The van der Waals surface area contributed by atoms with Crippen molar-refractivity contribution in [1.82, 2.24) is 4.90 Å². The Morgan fingerprint density at radius 1 is 1.07 bits per heavy atom. The maximum Gasteiger partial charge on any atom is 0.416 e. The zero-order chi connectivity index (χ0) is 33.0. The standard InChI is InChI=1S/C22H23F3N2O2S.C10H16.C3H8/c1-5-13(2)20(29)27-10-9-16-17(12-30-18(16)21(27,3)4)19(28)26-15-8-6-7-14(11-15)22(23,24)25;1-5-6-7-8-10(4)9(2)3;1-3-2/h5-8,11-12H,9-10H2,1-4H3,(H,26,28);5-8H,1-4H3;3H2,1-2H3/b13-5+;6-5-,8-7-;. The van der Waals surface area contributed by atoms with Gasteiger partial charge >= 0.3 is 6.18 Å². The van der Waals surface area contributed by atoms with Gasteiger partial charge in [0, 0.05) is 28.1 Å². The van der Waals surface area contributed by atoms with Gasteiger partial charge in [-0.3, -0.25) is 9.59 Å². The Kier molecular flexibility index (Phi) is 14.9. The molecule has 1 aromatic carbocycles. The van der Waals surface area contributed by atoms with Gasteiger partial charge in [-0.25, -0.2) is 0 Å². The van der Waals surface area contributed by atoms with Crippen LogP contribution in [0.3, 0.4) is 0 Å². The number of hydrogen-bond donors (Lipinski definition) is 1. The second-order valence-corrected chi connectivity index (χ2v) is 11.9. The lowest BCUT2D eigenvalue weighted by Crippen LogP contribution is -2.49. The summed E-state index contributed by atoms with van der Waals surface area (Å²) in [6.45, 7) is 20.6. The van der Waals surface area contributed by atoms with E-state index in [1.807, 2.05) is 39.8 Å². The first kappa shape index (κ1) is 37.6. The van der Waals surface area contributed by atoms with Crippen molar-refractivity contribution in [2.45, 2.75) is 93.8 Å². The van der Waals surface area contributed by atoms with Crippen molar-refractivity contribution in [1.29, 1.82) is 0 Å². The number of hydrogen-bond acceptors (Lipinski definition) is 3. The molecule has 0 unspecified atom stereocenters. The van der Waals surface area contributed by atoms with Crippen LogP contribution in [0.25, 0.3) is 0 Å². The number of amides is 2. The SMILES string of the molecule is C/C=C(\C)C(=O)N1CCc2c(C(=O)Nc3cccc(C(F)(F)F)c3)csc2C1(C)C.C/C=C\C=C/C(C)=C(C)C.CCC. The van der Waals surface area contributed by atoms with Crippen molar-refractivity contribution in [2.75, 3.05) is 11.9 Å². The molecule has 8 heteroatoms. The van der Waals surface area contributed by atoms with Crippen LogP contribution in [-0.2, 0) is 22.9 Å². The smallest absolute Gasteiger partial charge is 0.329 e. The fourth-order valence-corrected chi connectivity index (χ4v) is 5.34. The molecule has 0 saturated heterocycles. The van der Waals surface area contributed by atoms with E-state index in [9.17, 15) is 22.8 Å². The number of nitrogens with one attached hydrogen (secondary N) is 1. The van der Waals surface area contributed by atoms with E-state index in [-0.39, 0.29) is 11.6 Å². The first-order chi connectivity index (χ1) is 20.1. The average molecular weight is 617 g/mol. The number of alkyl halides is 3. The van der Waals surface area contributed by atoms with E-state index in [0.717, 1.165) is 22.6 Å². The molecule has 0 spiro atoms. The van der Waals surface area contributed by atoms with Gasteiger partial charge in [-0.2, -0.15) is 13.2 Å². The van der Waals surface area contributed by atoms with Crippen LogP contribution in [0.1, 0.15) is 102 Å². The van der Waals surface area contributed by atoms with Crippen LogP contribution in [0.15, 0.2) is 76.7 Å². The normalized spacial score (nSPS) is 14.3. The van der Waals surface area contributed by atoms with Gasteiger partial charge in [-0.15, -0.1) is 11.3 Å². The van der Waals surface area contributed by atoms with Gasteiger partial charge in [-0.1, -0.05) is 67.9 Å². The number of carbonyl (C=O) groups is 2. The highest BCUT2D eigenvalue weighted by Crippen LogP contribution is 2.41. The molecule has 1 aliphatic rings. The molecule has 1 N–H and O–H groups in total. The Morgan fingerprint density at radius 3 is 2.23 bits per heavy atom. The van der Waals surface area contributed by atoms with Crippen LogP contribution in [-0.4, -0.2) is 23.3 Å². The summed E-state index contributed by atoms with van der Waals surface area (Å²) in [5.74, 6) is -0.497. The monoisotopic (exact) mass is 616 g/mol. The van der Waals surface area contributed by atoms with E-state index in [1.54, 1.807) is 23.3 Å². The Hall–Kier alpha value is -3.39. The highest BCUT2D eigenvalue weighted by molar-refractivity contribution is 7.10. The van der Waals surface area contributed by atoms with Crippen molar-refractivity contribution in [3.63, 3.8) is 0 Å². The fourth-order valence-electron chi connectivity index (χ4n) is 4.10. The molecule has 0 radical (unpaired) electrons. The number of rotatable bonds is 5. The molecule has 0 fully saturated rings. The number of fused-ring (bicyclic) bond motifs is 1. The van der Waals surface area contributed by atoms with Gasteiger partial charge in [0.25, 0.3) is 5.91 Å². The van der Waals surface area contributed by atoms with Crippen LogP contribution in [0.5, 0.6) is 0 Å². The van der Waals surface area contributed by atoms with E-state index in [0.29, 0.717) is 24.1 Å². The summed E-state index contributed by atoms with van der Waals surface area (Å²) in [5, 5.41) is 4.29. The summed E-state index contributed by atoms with van der Waals surface area (Å²) in [7, 11) is 0. The van der Waals surface area contributed by atoms with Crippen LogP contribution >= 0.6 is 11.3 Å². The maximum absolute atomic E-state index is 12.9. The molecule has 43 heavy (non-hydrogen) atoms. The van der Waals surface area contributed by atoms with Crippen molar-refractivity contribution < 1.29 is 22.8 Å². The van der Waals surface area contributed by atoms with Gasteiger partial charge in [0.05, 0.1) is 16.7 Å². The number of benzene rings is 1. The summed E-state index contributed by atoms with van der Waals surface area (Å²) in [6.07, 6.45) is 7.29. The molecular formula is C35H47F3N2O2S. The number of nitrogens with zero attached hydrogens (tertiary/aromatic N) is 1. The minimum atomic E-state index is -4.48. The van der Waals surface area contributed by atoms with Crippen LogP contribution in [0.4, 0.5) is 18.9 Å². The van der Waals surface area contributed by atoms with Crippen LogP contribution < -0.4 is 5.32 Å². The topological polar surface area (TPSA) is 49.4 Å². The number of anilines is 1. The van der Waals surface area contributed by atoms with Gasteiger partial charge in [0.15, 0.2) is 0 Å². The molecule has 4 nitrogen and oxygen atoms in total. The molecule has 2 amide bonds. The Morgan fingerprint density at radius 2 is 1.70 bits per heavy atom. The summed E-state index contributed by atoms with van der Waals surface area (Å²) >= 11 is 1.39. The number of thiophene rings is 1. The molecule has 2 heterocycles. The Balaban J connectivity index is 0.000000599. The minimum Gasteiger partial charge on any atom is -0.329 e. The molecule has 2 aromatic rings. The summed E-state index contributed by atoms with van der Waals surface area (Å²) in [4.78, 5) is 28.3. The molecule has 1 aromatic heterocycles. The summed E-state index contributed by atoms with van der Waals surface area (Å²) < 4.78 is 38.8. The summed E-state index contributed by atoms with van der Waals surface area (Å²) in [5.41, 5.74) is 3.35. The predicted octanol–water partition coefficient (Wildman–Crippen LogP) is 10.5. The Bertz CT molecular complexity index is 1360. The van der Waals surface area contributed by atoms with Gasteiger partial charge in [-0.05, 0) is 85.6 Å². The molecule has 0 saturated carbocycles. The van der Waals surface area contributed by atoms with E-state index >= 15 is 0 Å². The second kappa shape index (κ2) is 17.0.